The summed E-state index contributed by atoms with van der Waals surface area (Å²) in [7, 11) is 0. The Kier molecular flexibility index (Phi) is 5.65. The predicted octanol–water partition coefficient (Wildman–Crippen LogP) is 5.73. The van der Waals surface area contributed by atoms with E-state index in [4.69, 9.17) is 0 Å². The molecular formula is C20H22FN. The van der Waals surface area contributed by atoms with Crippen molar-refractivity contribution in [2.45, 2.75) is 33.2 Å². The van der Waals surface area contributed by atoms with E-state index < -0.39 is 0 Å². The average Bonchev–Trinajstić information content (AvgIpc) is 2.91. The minimum atomic E-state index is -0.212. The lowest BCUT2D eigenvalue weighted by Gasteiger charge is -2.06. The number of aliphatic imine (C=N–C) groups is 1. The Balaban J connectivity index is 0.000000545. The smallest absolute Gasteiger partial charge is 0.128 e. The SMILES string of the molecule is CC1=CC(c2ccccc2F)N=C1c1ccccc1.CCC. The van der Waals surface area contributed by atoms with Gasteiger partial charge in [0.15, 0.2) is 0 Å². The standard InChI is InChI=1S/C17H14FN.C3H8/c1-12-11-16(14-9-5-6-10-15(14)18)19-17(12)13-7-3-2-4-8-13;1-3-2/h2-11,16H,1H3;3H2,1-2H3. The molecule has 1 heterocycles. The summed E-state index contributed by atoms with van der Waals surface area (Å²) in [6.07, 6.45) is 3.26. The summed E-state index contributed by atoms with van der Waals surface area (Å²) in [6.45, 7) is 6.27. The summed E-state index contributed by atoms with van der Waals surface area (Å²) in [5.74, 6) is -0.199. The van der Waals surface area contributed by atoms with E-state index in [1.54, 1.807) is 12.1 Å². The lowest BCUT2D eigenvalue weighted by atomic mass is 10.0. The van der Waals surface area contributed by atoms with Gasteiger partial charge >= 0.3 is 0 Å². The first-order chi connectivity index (χ1) is 10.7. The number of benzene rings is 2. The van der Waals surface area contributed by atoms with Gasteiger partial charge in [0.05, 0.1) is 11.8 Å². The van der Waals surface area contributed by atoms with Crippen molar-refractivity contribution in [2.75, 3.05) is 0 Å². The summed E-state index contributed by atoms with van der Waals surface area (Å²) in [6, 6.07) is 16.6. The highest BCUT2D eigenvalue weighted by atomic mass is 19.1. The van der Waals surface area contributed by atoms with Crippen LogP contribution in [0.4, 0.5) is 4.39 Å². The maximum Gasteiger partial charge on any atom is 0.128 e. The highest BCUT2D eigenvalue weighted by Gasteiger charge is 2.20. The second kappa shape index (κ2) is 7.69. The molecule has 0 fully saturated rings. The van der Waals surface area contributed by atoms with Gasteiger partial charge in [0, 0.05) is 5.56 Å². The van der Waals surface area contributed by atoms with Crippen molar-refractivity contribution in [3.8, 4) is 0 Å². The van der Waals surface area contributed by atoms with Crippen LogP contribution in [0.25, 0.3) is 0 Å². The maximum absolute atomic E-state index is 13.8. The first-order valence-corrected chi connectivity index (χ1v) is 7.73. The number of halogens is 1. The molecule has 1 nitrogen and oxygen atoms in total. The molecule has 2 aromatic rings. The zero-order valence-corrected chi connectivity index (χ0v) is 13.4. The molecule has 0 aliphatic carbocycles. The molecule has 1 atom stereocenters. The summed E-state index contributed by atoms with van der Waals surface area (Å²) >= 11 is 0. The number of nitrogens with zero attached hydrogens (tertiary/aromatic N) is 1. The van der Waals surface area contributed by atoms with Crippen LogP contribution in [-0.4, -0.2) is 5.71 Å². The molecule has 0 N–H and O–H groups in total. The zero-order chi connectivity index (χ0) is 15.9. The molecule has 22 heavy (non-hydrogen) atoms. The number of hydrogen-bond acceptors (Lipinski definition) is 1. The Bertz CT molecular complexity index is 671. The molecule has 0 spiro atoms. The lowest BCUT2D eigenvalue weighted by Crippen LogP contribution is -1.99. The van der Waals surface area contributed by atoms with Crippen molar-refractivity contribution < 1.29 is 4.39 Å². The van der Waals surface area contributed by atoms with Crippen LogP contribution < -0.4 is 0 Å². The molecular weight excluding hydrogens is 273 g/mol. The van der Waals surface area contributed by atoms with Crippen LogP contribution in [0, 0.1) is 5.82 Å². The van der Waals surface area contributed by atoms with E-state index in [-0.39, 0.29) is 11.9 Å². The van der Waals surface area contributed by atoms with E-state index in [0.717, 1.165) is 16.8 Å². The van der Waals surface area contributed by atoms with Crippen LogP contribution >= 0.6 is 0 Å². The first kappa shape index (κ1) is 16.2. The molecule has 0 bridgehead atoms. The molecule has 2 heteroatoms. The fraction of sp³-hybridized carbons (Fsp3) is 0.250. The third-order valence-corrected chi connectivity index (χ3v) is 3.32. The van der Waals surface area contributed by atoms with Gasteiger partial charge in [0.2, 0.25) is 0 Å². The topological polar surface area (TPSA) is 12.4 Å². The van der Waals surface area contributed by atoms with Crippen LogP contribution in [-0.2, 0) is 0 Å². The third kappa shape index (κ3) is 3.70. The van der Waals surface area contributed by atoms with E-state index in [1.165, 1.54) is 12.5 Å². The molecule has 114 valence electrons. The van der Waals surface area contributed by atoms with Gasteiger partial charge in [0.25, 0.3) is 0 Å². The molecule has 3 rings (SSSR count). The monoisotopic (exact) mass is 295 g/mol. The van der Waals surface area contributed by atoms with Crippen LogP contribution in [0.3, 0.4) is 0 Å². The van der Waals surface area contributed by atoms with E-state index >= 15 is 0 Å². The molecule has 1 aliphatic heterocycles. The fourth-order valence-electron chi connectivity index (χ4n) is 2.37. The van der Waals surface area contributed by atoms with Gasteiger partial charge in [-0.3, -0.25) is 4.99 Å². The van der Waals surface area contributed by atoms with Gasteiger partial charge in [0.1, 0.15) is 5.82 Å². The van der Waals surface area contributed by atoms with Crippen molar-refractivity contribution in [2.24, 2.45) is 4.99 Å². The second-order valence-electron chi connectivity index (χ2n) is 5.37. The van der Waals surface area contributed by atoms with Crippen LogP contribution in [0.5, 0.6) is 0 Å². The fourth-order valence-corrected chi connectivity index (χ4v) is 2.37. The number of allylic oxidation sites excluding steroid dienone is 1. The van der Waals surface area contributed by atoms with Crippen molar-refractivity contribution in [3.05, 3.63) is 83.2 Å². The molecule has 1 unspecified atom stereocenters. The van der Waals surface area contributed by atoms with E-state index in [0.29, 0.717) is 5.56 Å². The second-order valence-corrected chi connectivity index (χ2v) is 5.37. The highest BCUT2D eigenvalue weighted by Crippen LogP contribution is 2.30. The molecule has 1 aliphatic rings. The van der Waals surface area contributed by atoms with Gasteiger partial charge in [-0.05, 0) is 24.1 Å². The highest BCUT2D eigenvalue weighted by molar-refractivity contribution is 6.13. The van der Waals surface area contributed by atoms with Gasteiger partial charge in [-0.1, -0.05) is 74.9 Å². The van der Waals surface area contributed by atoms with Crippen LogP contribution in [0.1, 0.15) is 44.4 Å². The number of rotatable bonds is 2. The Hall–Kier alpha value is -2.22. The van der Waals surface area contributed by atoms with Gasteiger partial charge < -0.3 is 0 Å². The summed E-state index contributed by atoms with van der Waals surface area (Å²) < 4.78 is 13.8. The zero-order valence-electron chi connectivity index (χ0n) is 13.4. The lowest BCUT2D eigenvalue weighted by molar-refractivity contribution is 0.603. The van der Waals surface area contributed by atoms with Crippen molar-refractivity contribution >= 4 is 5.71 Å². The summed E-state index contributed by atoms with van der Waals surface area (Å²) in [4.78, 5) is 4.65. The number of hydrogen-bond donors (Lipinski definition) is 0. The van der Waals surface area contributed by atoms with Gasteiger partial charge in [-0.25, -0.2) is 4.39 Å². The maximum atomic E-state index is 13.8. The average molecular weight is 295 g/mol. The minimum absolute atomic E-state index is 0.199. The van der Waals surface area contributed by atoms with E-state index in [9.17, 15) is 4.39 Å². The Morgan fingerprint density at radius 3 is 2.18 bits per heavy atom. The summed E-state index contributed by atoms with van der Waals surface area (Å²) in [5.41, 5.74) is 3.76. The Morgan fingerprint density at radius 1 is 0.955 bits per heavy atom. The molecule has 0 saturated heterocycles. The molecule has 0 aromatic heterocycles. The molecule has 0 saturated carbocycles. The van der Waals surface area contributed by atoms with Crippen LogP contribution in [0.15, 0.2) is 71.2 Å². The normalized spacial score (nSPS) is 16.5. The van der Waals surface area contributed by atoms with E-state index in [2.05, 4.69) is 18.8 Å². The van der Waals surface area contributed by atoms with Crippen molar-refractivity contribution in [1.82, 2.24) is 0 Å². The van der Waals surface area contributed by atoms with Gasteiger partial charge in [-0.2, -0.15) is 0 Å². The quantitative estimate of drug-likeness (QED) is 0.670. The molecule has 2 aromatic carbocycles. The Morgan fingerprint density at radius 2 is 1.55 bits per heavy atom. The molecule has 0 radical (unpaired) electrons. The first-order valence-electron chi connectivity index (χ1n) is 7.73. The van der Waals surface area contributed by atoms with Gasteiger partial charge in [-0.15, -0.1) is 0 Å². The third-order valence-electron chi connectivity index (χ3n) is 3.32. The van der Waals surface area contributed by atoms with Crippen LogP contribution in [0.2, 0.25) is 0 Å². The molecule has 0 amide bonds. The van der Waals surface area contributed by atoms with Crippen molar-refractivity contribution in [1.29, 1.82) is 0 Å². The largest absolute Gasteiger partial charge is 0.272 e. The predicted molar refractivity (Wildman–Crippen MR) is 91.8 cm³/mol. The minimum Gasteiger partial charge on any atom is -0.272 e. The van der Waals surface area contributed by atoms with Crippen molar-refractivity contribution in [3.63, 3.8) is 0 Å². The Labute approximate surface area is 132 Å². The van der Waals surface area contributed by atoms with E-state index in [1.807, 2.05) is 49.4 Å². The summed E-state index contributed by atoms with van der Waals surface area (Å²) in [5, 5.41) is 0.